The van der Waals surface area contributed by atoms with Crippen molar-refractivity contribution in [3.63, 3.8) is 0 Å². The maximum Gasteiger partial charge on any atom is 0.411 e. The van der Waals surface area contributed by atoms with Gasteiger partial charge in [-0.05, 0) is 20.8 Å². The van der Waals surface area contributed by atoms with Crippen LogP contribution in [0.1, 0.15) is 46.2 Å². The number of aromatic amines is 1. The number of carbonyl (C=O) groups excluding carboxylic acids is 3. The number of nitrogens with zero attached hydrogens (tertiary/aromatic N) is 3. The molecule has 33 heavy (non-hydrogen) atoms. The summed E-state index contributed by atoms with van der Waals surface area (Å²) in [5.41, 5.74) is -0.911. The Morgan fingerprint density at radius 2 is 1.88 bits per heavy atom. The third-order valence-corrected chi connectivity index (χ3v) is 5.11. The molecular formula is C20H23ClF2N4O6. The van der Waals surface area contributed by atoms with Gasteiger partial charge in [0.1, 0.15) is 36.1 Å². The zero-order valence-corrected chi connectivity index (χ0v) is 19.3. The number of H-pyrrole nitrogens is 1. The Balaban J connectivity index is 2.21. The number of alkyl halides is 2. The van der Waals surface area contributed by atoms with E-state index in [0.29, 0.717) is 0 Å². The van der Waals surface area contributed by atoms with Crippen molar-refractivity contribution < 1.29 is 37.4 Å². The van der Waals surface area contributed by atoms with Crippen LogP contribution in [-0.4, -0.2) is 68.2 Å². The van der Waals surface area contributed by atoms with Crippen LogP contribution in [0.2, 0.25) is 5.15 Å². The van der Waals surface area contributed by atoms with E-state index in [1.807, 2.05) is 0 Å². The number of hydrogen-bond donors (Lipinski definition) is 1. The van der Waals surface area contributed by atoms with E-state index in [2.05, 4.69) is 15.0 Å². The van der Waals surface area contributed by atoms with E-state index >= 15 is 8.78 Å². The van der Waals surface area contributed by atoms with Crippen molar-refractivity contribution in [2.24, 2.45) is 0 Å². The molecule has 0 aliphatic carbocycles. The monoisotopic (exact) mass is 488 g/mol. The molecule has 3 atom stereocenters. The number of nitrogens with one attached hydrogen (secondary N) is 1. The lowest BCUT2D eigenvalue weighted by atomic mass is 10.0. The minimum absolute atomic E-state index is 0.00983. The number of amides is 1. The Labute approximate surface area is 192 Å². The van der Waals surface area contributed by atoms with Gasteiger partial charge in [0.25, 0.3) is 0 Å². The fraction of sp³-hybridized carbons (Fsp3) is 0.550. The minimum Gasteiger partial charge on any atom is -0.464 e. The fourth-order valence-corrected chi connectivity index (χ4v) is 3.88. The summed E-state index contributed by atoms with van der Waals surface area (Å²) < 4.78 is 47.0. The zero-order valence-electron chi connectivity index (χ0n) is 18.5. The lowest BCUT2D eigenvalue weighted by molar-refractivity contribution is -0.170. The normalized spacial score (nSPS) is 22.3. The largest absolute Gasteiger partial charge is 0.464 e. The first-order valence-electron chi connectivity index (χ1n) is 9.91. The van der Waals surface area contributed by atoms with Crippen LogP contribution in [0.4, 0.5) is 13.6 Å². The molecule has 10 nitrogen and oxygen atoms in total. The Hall–Kier alpha value is -3.02. The first-order chi connectivity index (χ1) is 15.2. The standard InChI is InChI=1S/C20H23ClF2N4O6/c1-9(28)31-7-12-16(32-10(2)29)20(22,23)15(27(12)18(30)33-19(3,4)5)11-6-24-14-13(11)25-8-26-17(14)21/h6,8,12,15-16,24H,7H2,1-5H3/t12-,15+,16-/m1/s1. The molecule has 3 heterocycles. The number of likely N-dealkylation sites (tertiary alicyclic amines) is 1. The molecule has 0 spiro atoms. The van der Waals surface area contributed by atoms with Crippen LogP contribution in [0.5, 0.6) is 0 Å². The highest BCUT2D eigenvalue weighted by Gasteiger charge is 2.67. The van der Waals surface area contributed by atoms with Crippen LogP contribution < -0.4 is 0 Å². The van der Waals surface area contributed by atoms with Crippen LogP contribution in [0, 0.1) is 0 Å². The van der Waals surface area contributed by atoms with Crippen molar-refractivity contribution >= 4 is 40.7 Å². The van der Waals surface area contributed by atoms with Gasteiger partial charge in [0.15, 0.2) is 11.3 Å². The van der Waals surface area contributed by atoms with Crippen LogP contribution in [0.3, 0.4) is 0 Å². The number of fused-ring (bicyclic) bond motifs is 1. The van der Waals surface area contributed by atoms with E-state index in [1.54, 1.807) is 20.8 Å². The van der Waals surface area contributed by atoms with Crippen molar-refractivity contribution in [2.45, 2.75) is 64.3 Å². The molecule has 1 N–H and O–H groups in total. The van der Waals surface area contributed by atoms with Crippen molar-refractivity contribution in [1.82, 2.24) is 19.9 Å². The van der Waals surface area contributed by atoms with Gasteiger partial charge in [-0.2, -0.15) is 8.78 Å². The van der Waals surface area contributed by atoms with E-state index in [0.717, 1.165) is 25.1 Å². The summed E-state index contributed by atoms with van der Waals surface area (Å²) in [7, 11) is 0. The van der Waals surface area contributed by atoms with E-state index in [-0.39, 0.29) is 21.7 Å². The molecule has 3 rings (SSSR count). The quantitative estimate of drug-likeness (QED) is 0.394. The number of ether oxygens (including phenoxy) is 3. The van der Waals surface area contributed by atoms with Gasteiger partial charge >= 0.3 is 24.0 Å². The highest BCUT2D eigenvalue weighted by molar-refractivity contribution is 6.33. The Morgan fingerprint density at radius 3 is 2.45 bits per heavy atom. The third-order valence-electron chi connectivity index (χ3n) is 4.82. The number of aromatic nitrogens is 3. The molecule has 0 aromatic carbocycles. The molecule has 180 valence electrons. The SMILES string of the molecule is CC(=O)OC[C@@H]1[C@@H](OC(C)=O)C(F)(F)[C@H](c2c[nH]c3c(Cl)ncnc23)N1C(=O)OC(C)(C)C. The number of esters is 2. The lowest BCUT2D eigenvalue weighted by Gasteiger charge is -2.32. The predicted molar refractivity (Wildman–Crippen MR) is 111 cm³/mol. The molecule has 0 saturated carbocycles. The van der Waals surface area contributed by atoms with Gasteiger partial charge in [-0.1, -0.05) is 11.6 Å². The second kappa shape index (κ2) is 8.73. The van der Waals surface area contributed by atoms with Crippen LogP contribution in [0.15, 0.2) is 12.5 Å². The summed E-state index contributed by atoms with van der Waals surface area (Å²) >= 11 is 6.04. The molecule has 13 heteroatoms. The summed E-state index contributed by atoms with van der Waals surface area (Å²) in [4.78, 5) is 47.6. The number of hydrogen-bond acceptors (Lipinski definition) is 8. The summed E-state index contributed by atoms with van der Waals surface area (Å²) in [5, 5.41) is -0.00983. The highest BCUT2D eigenvalue weighted by atomic mass is 35.5. The topological polar surface area (TPSA) is 124 Å². The number of halogens is 3. The average Bonchev–Trinajstić information content (AvgIpc) is 3.16. The first-order valence-corrected chi connectivity index (χ1v) is 10.3. The molecule has 0 unspecified atom stereocenters. The predicted octanol–water partition coefficient (Wildman–Crippen LogP) is 3.40. The third kappa shape index (κ3) is 4.85. The summed E-state index contributed by atoms with van der Waals surface area (Å²) in [6.07, 6.45) is -0.935. The Morgan fingerprint density at radius 1 is 1.21 bits per heavy atom. The molecule has 1 aliphatic rings. The Kier molecular flexibility index (Phi) is 6.51. The zero-order chi connectivity index (χ0) is 24.7. The number of rotatable bonds is 4. The molecule has 1 aliphatic heterocycles. The molecule has 1 saturated heterocycles. The van der Waals surface area contributed by atoms with E-state index in [9.17, 15) is 14.4 Å². The second-order valence-corrected chi connectivity index (χ2v) is 8.85. The average molecular weight is 489 g/mol. The van der Waals surface area contributed by atoms with Gasteiger partial charge in [-0.3, -0.25) is 14.5 Å². The Bertz CT molecular complexity index is 1090. The molecule has 2 aromatic rings. The second-order valence-electron chi connectivity index (χ2n) is 8.50. The van der Waals surface area contributed by atoms with E-state index in [1.165, 1.54) is 6.20 Å². The fourth-order valence-electron chi connectivity index (χ4n) is 3.69. The molecule has 2 aromatic heterocycles. The maximum absolute atomic E-state index is 15.9. The van der Waals surface area contributed by atoms with Crippen molar-refractivity contribution in [3.05, 3.63) is 23.2 Å². The summed E-state index contributed by atoms with van der Waals surface area (Å²) in [6.45, 7) is 6.09. The van der Waals surface area contributed by atoms with Gasteiger partial charge < -0.3 is 19.2 Å². The van der Waals surface area contributed by atoms with Crippen molar-refractivity contribution in [2.75, 3.05) is 6.61 Å². The smallest absolute Gasteiger partial charge is 0.411 e. The summed E-state index contributed by atoms with van der Waals surface area (Å²) in [5.74, 6) is -5.58. The number of carbonyl (C=O) groups is 3. The highest BCUT2D eigenvalue weighted by Crippen LogP contribution is 2.51. The lowest BCUT2D eigenvalue weighted by Crippen LogP contribution is -2.47. The van der Waals surface area contributed by atoms with Crippen LogP contribution in [0.25, 0.3) is 11.0 Å². The van der Waals surface area contributed by atoms with E-state index in [4.69, 9.17) is 25.8 Å². The van der Waals surface area contributed by atoms with E-state index < -0.39 is 54.3 Å². The molecule has 1 amide bonds. The van der Waals surface area contributed by atoms with Gasteiger partial charge in [0, 0.05) is 25.6 Å². The minimum atomic E-state index is -3.82. The van der Waals surface area contributed by atoms with Crippen molar-refractivity contribution in [1.29, 1.82) is 0 Å². The molecule has 1 fully saturated rings. The van der Waals surface area contributed by atoms with Gasteiger partial charge in [0.2, 0.25) is 0 Å². The summed E-state index contributed by atoms with van der Waals surface area (Å²) in [6, 6.07) is -3.54. The molecule has 0 radical (unpaired) electrons. The van der Waals surface area contributed by atoms with Gasteiger partial charge in [-0.25, -0.2) is 14.8 Å². The molecular weight excluding hydrogens is 466 g/mol. The maximum atomic E-state index is 15.9. The van der Waals surface area contributed by atoms with Crippen molar-refractivity contribution in [3.8, 4) is 0 Å². The van der Waals surface area contributed by atoms with Crippen LogP contribution >= 0.6 is 11.6 Å². The van der Waals surface area contributed by atoms with Gasteiger partial charge in [-0.15, -0.1) is 0 Å². The van der Waals surface area contributed by atoms with Gasteiger partial charge in [0.05, 0.1) is 5.52 Å². The first kappa shape index (κ1) is 24.6. The molecule has 0 bridgehead atoms. The van der Waals surface area contributed by atoms with Crippen LogP contribution in [-0.2, 0) is 23.8 Å².